The Kier molecular flexibility index (Phi) is 0.943. The molecule has 0 saturated heterocycles. The Bertz CT molecular complexity index is 318. The highest BCUT2D eigenvalue weighted by atomic mass is 15.3. The van der Waals surface area contributed by atoms with E-state index < -0.39 is 0 Å². The van der Waals surface area contributed by atoms with Crippen LogP contribution in [0.25, 0.3) is 5.78 Å². The summed E-state index contributed by atoms with van der Waals surface area (Å²) < 4.78 is 1.59. The molecule has 2 rings (SSSR count). The van der Waals surface area contributed by atoms with Crippen molar-refractivity contribution in [2.45, 2.75) is 0 Å². The number of hydrogen-bond donors (Lipinski definition) is 0. The summed E-state index contributed by atoms with van der Waals surface area (Å²) in [6.07, 6.45) is 3.45. The molecule has 0 unspecified atom stereocenters. The Hall–Kier alpha value is -1.45. The molecule has 2 aromatic heterocycles. The number of fused-ring (bicyclic) bond motifs is 1. The molecule has 0 spiro atoms. The zero-order chi connectivity index (χ0) is 6.97. The van der Waals surface area contributed by atoms with Crippen molar-refractivity contribution in [3.63, 3.8) is 0 Å². The van der Waals surface area contributed by atoms with Gasteiger partial charge in [-0.05, 0) is 6.07 Å². The van der Waals surface area contributed by atoms with E-state index in [1.54, 1.807) is 23.0 Å². The Morgan fingerprint density at radius 3 is 3.20 bits per heavy atom. The second-order valence-electron chi connectivity index (χ2n) is 1.89. The van der Waals surface area contributed by atoms with Crippen molar-refractivity contribution in [3.8, 4) is 0 Å². The summed E-state index contributed by atoms with van der Waals surface area (Å²) in [6.45, 7) is 3.57. The van der Waals surface area contributed by atoms with E-state index in [0.717, 1.165) is 0 Å². The summed E-state index contributed by atoms with van der Waals surface area (Å²) >= 11 is 0. The van der Waals surface area contributed by atoms with Gasteiger partial charge in [-0.1, -0.05) is 0 Å². The van der Waals surface area contributed by atoms with Gasteiger partial charge in [-0.2, -0.15) is 4.98 Å². The van der Waals surface area contributed by atoms with Gasteiger partial charge in [0.15, 0.2) is 5.82 Å². The van der Waals surface area contributed by atoms with E-state index in [0.29, 0.717) is 11.6 Å². The summed E-state index contributed by atoms with van der Waals surface area (Å²) in [7, 11) is 0. The van der Waals surface area contributed by atoms with E-state index in [-0.39, 0.29) is 0 Å². The molecular formula is C6H5N4. The fraction of sp³-hybridized carbons (Fsp3) is 0. The highest BCUT2D eigenvalue weighted by Gasteiger charge is 1.95. The van der Waals surface area contributed by atoms with Crippen molar-refractivity contribution in [1.29, 1.82) is 0 Å². The van der Waals surface area contributed by atoms with Crippen LogP contribution < -0.4 is 0 Å². The van der Waals surface area contributed by atoms with Crippen LogP contribution in [0, 0.1) is 6.92 Å². The molecule has 0 amide bonds. The lowest BCUT2D eigenvalue weighted by molar-refractivity contribution is 0.928. The molecule has 4 heteroatoms. The molecule has 49 valence electrons. The second-order valence-corrected chi connectivity index (χ2v) is 1.89. The van der Waals surface area contributed by atoms with E-state index >= 15 is 0 Å². The normalized spacial score (nSPS) is 10.5. The molecule has 0 aliphatic carbocycles. The maximum atomic E-state index is 3.95. The minimum absolute atomic E-state index is 0.499. The summed E-state index contributed by atoms with van der Waals surface area (Å²) in [5.41, 5.74) is 0. The molecule has 0 aliphatic heterocycles. The predicted octanol–water partition coefficient (Wildman–Crippen LogP) is 0.306. The van der Waals surface area contributed by atoms with Crippen LogP contribution in [0.3, 0.4) is 0 Å². The molecule has 1 radical (unpaired) electrons. The van der Waals surface area contributed by atoms with Crippen molar-refractivity contribution in [2.24, 2.45) is 0 Å². The van der Waals surface area contributed by atoms with Crippen molar-refractivity contribution < 1.29 is 0 Å². The van der Waals surface area contributed by atoms with Crippen LogP contribution >= 0.6 is 0 Å². The van der Waals surface area contributed by atoms with E-state index in [1.807, 2.05) is 0 Å². The van der Waals surface area contributed by atoms with Crippen LogP contribution in [0.2, 0.25) is 0 Å². The summed E-state index contributed by atoms with van der Waals surface area (Å²) in [4.78, 5) is 7.89. The SMILES string of the molecule is [CH2]c1nc2ncccn2n1. The van der Waals surface area contributed by atoms with Gasteiger partial charge >= 0.3 is 0 Å². The first-order valence-electron chi connectivity index (χ1n) is 2.85. The summed E-state index contributed by atoms with van der Waals surface area (Å²) in [5, 5.41) is 3.95. The number of nitrogens with zero attached hydrogens (tertiary/aromatic N) is 4. The van der Waals surface area contributed by atoms with Crippen LogP contribution in [-0.2, 0) is 0 Å². The molecule has 10 heavy (non-hydrogen) atoms. The lowest BCUT2D eigenvalue weighted by Crippen LogP contribution is -1.86. The zero-order valence-electron chi connectivity index (χ0n) is 5.23. The third kappa shape index (κ3) is 0.655. The van der Waals surface area contributed by atoms with Crippen LogP contribution in [0.4, 0.5) is 0 Å². The lowest BCUT2D eigenvalue weighted by atomic mass is 10.7. The Morgan fingerprint density at radius 2 is 2.40 bits per heavy atom. The first-order valence-corrected chi connectivity index (χ1v) is 2.85. The molecule has 0 bridgehead atoms. The average molecular weight is 133 g/mol. The minimum atomic E-state index is 0.499. The molecular weight excluding hydrogens is 128 g/mol. The van der Waals surface area contributed by atoms with Crippen LogP contribution in [0.15, 0.2) is 18.5 Å². The standard InChI is InChI=1S/C6H5N4/c1-5-8-6-7-3-2-4-10(6)9-5/h2-4H,1H2. The Labute approximate surface area is 57.5 Å². The average Bonchev–Trinajstić information content (AvgIpc) is 2.27. The topological polar surface area (TPSA) is 43.1 Å². The quantitative estimate of drug-likeness (QED) is 0.519. The van der Waals surface area contributed by atoms with Gasteiger partial charge in [-0.3, -0.25) is 0 Å². The number of rotatable bonds is 0. The Morgan fingerprint density at radius 1 is 1.50 bits per heavy atom. The van der Waals surface area contributed by atoms with Crippen LogP contribution in [0.5, 0.6) is 0 Å². The summed E-state index contributed by atoms with van der Waals surface area (Å²) in [6, 6.07) is 1.79. The van der Waals surface area contributed by atoms with E-state index in [4.69, 9.17) is 0 Å². The van der Waals surface area contributed by atoms with Gasteiger partial charge in [0.25, 0.3) is 5.78 Å². The molecule has 0 aromatic carbocycles. The van der Waals surface area contributed by atoms with Gasteiger partial charge in [-0.15, -0.1) is 5.10 Å². The maximum absolute atomic E-state index is 3.95. The molecule has 2 heterocycles. The highest BCUT2D eigenvalue weighted by Crippen LogP contribution is 1.93. The van der Waals surface area contributed by atoms with Crippen molar-refractivity contribution in [1.82, 2.24) is 19.6 Å². The Balaban J connectivity index is 2.88. The largest absolute Gasteiger partial charge is 0.252 e. The maximum Gasteiger partial charge on any atom is 0.252 e. The molecule has 0 fully saturated rings. The van der Waals surface area contributed by atoms with E-state index in [2.05, 4.69) is 22.0 Å². The molecule has 0 N–H and O–H groups in total. The van der Waals surface area contributed by atoms with Crippen LogP contribution in [0.1, 0.15) is 5.82 Å². The van der Waals surface area contributed by atoms with Gasteiger partial charge in [0.2, 0.25) is 0 Å². The molecule has 0 atom stereocenters. The zero-order valence-corrected chi connectivity index (χ0v) is 5.23. The minimum Gasteiger partial charge on any atom is -0.220 e. The van der Waals surface area contributed by atoms with Gasteiger partial charge in [0.05, 0.1) is 0 Å². The van der Waals surface area contributed by atoms with Gasteiger partial charge in [0, 0.05) is 19.3 Å². The monoisotopic (exact) mass is 133 g/mol. The fourth-order valence-corrected chi connectivity index (χ4v) is 0.776. The first-order chi connectivity index (χ1) is 4.86. The number of hydrogen-bond acceptors (Lipinski definition) is 3. The van der Waals surface area contributed by atoms with Crippen LogP contribution in [-0.4, -0.2) is 19.6 Å². The highest BCUT2D eigenvalue weighted by molar-refractivity contribution is 5.25. The van der Waals surface area contributed by atoms with Crippen molar-refractivity contribution in [2.75, 3.05) is 0 Å². The molecule has 0 aliphatic rings. The van der Waals surface area contributed by atoms with Gasteiger partial charge in [-0.25, -0.2) is 9.50 Å². The summed E-state index contributed by atoms with van der Waals surface area (Å²) in [5.74, 6) is 1.09. The third-order valence-corrected chi connectivity index (χ3v) is 1.16. The van der Waals surface area contributed by atoms with E-state index in [1.165, 1.54) is 0 Å². The van der Waals surface area contributed by atoms with Crippen molar-refractivity contribution >= 4 is 5.78 Å². The smallest absolute Gasteiger partial charge is 0.220 e. The predicted molar refractivity (Wildman–Crippen MR) is 35.2 cm³/mol. The first kappa shape index (κ1) is 5.34. The van der Waals surface area contributed by atoms with Gasteiger partial charge in [0.1, 0.15) is 0 Å². The number of aromatic nitrogens is 4. The van der Waals surface area contributed by atoms with E-state index in [9.17, 15) is 0 Å². The molecule has 4 nitrogen and oxygen atoms in total. The van der Waals surface area contributed by atoms with Gasteiger partial charge < -0.3 is 0 Å². The fourth-order valence-electron chi connectivity index (χ4n) is 0.776. The van der Waals surface area contributed by atoms with Crippen molar-refractivity contribution in [3.05, 3.63) is 31.2 Å². The third-order valence-electron chi connectivity index (χ3n) is 1.16. The molecule has 0 saturated carbocycles. The lowest BCUT2D eigenvalue weighted by Gasteiger charge is -1.83. The second kappa shape index (κ2) is 1.76. The molecule has 2 aromatic rings.